The van der Waals surface area contributed by atoms with Gasteiger partial charge in [-0.05, 0) is 12.5 Å². The zero-order valence-electron chi connectivity index (χ0n) is 6.78. The molecule has 0 saturated carbocycles. The fourth-order valence-corrected chi connectivity index (χ4v) is 1.38. The Morgan fingerprint density at radius 2 is 2.15 bits per heavy atom. The molecule has 68 valence electrons. The normalized spacial score (nSPS) is 9.69. The maximum atomic E-state index is 10.5. The summed E-state index contributed by atoms with van der Waals surface area (Å²) in [7, 11) is 0. The summed E-state index contributed by atoms with van der Waals surface area (Å²) in [6, 6.07) is 2.63. The molecule has 0 spiro atoms. The first-order chi connectivity index (χ1) is 6.06. The van der Waals surface area contributed by atoms with Gasteiger partial charge in [-0.15, -0.1) is 0 Å². The molecule has 0 bridgehead atoms. The van der Waals surface area contributed by atoms with Crippen molar-refractivity contribution < 1.29 is 9.72 Å². The quantitative estimate of drug-likeness (QED) is 0.456. The fraction of sp³-hybridized carbons (Fsp3) is 0.125. The van der Waals surface area contributed by atoms with Crippen LogP contribution in [0.3, 0.4) is 0 Å². The Balaban J connectivity index is 3.38. The van der Waals surface area contributed by atoms with Gasteiger partial charge in [-0.2, -0.15) is 0 Å². The second-order valence-corrected chi connectivity index (χ2v) is 3.37. The lowest BCUT2D eigenvalue weighted by atomic mass is 10.1. The van der Waals surface area contributed by atoms with E-state index in [1.165, 1.54) is 12.1 Å². The summed E-state index contributed by atoms with van der Waals surface area (Å²) >= 11 is 3.14. The van der Waals surface area contributed by atoms with Crippen LogP contribution >= 0.6 is 15.9 Å². The van der Waals surface area contributed by atoms with Crippen molar-refractivity contribution in [3.63, 3.8) is 0 Å². The molecule has 13 heavy (non-hydrogen) atoms. The molecular weight excluding hydrogens is 238 g/mol. The van der Waals surface area contributed by atoms with Gasteiger partial charge in [-0.25, -0.2) is 0 Å². The van der Waals surface area contributed by atoms with Crippen molar-refractivity contribution in [2.24, 2.45) is 0 Å². The van der Waals surface area contributed by atoms with Crippen LogP contribution in [0, 0.1) is 17.0 Å². The Morgan fingerprint density at radius 1 is 1.54 bits per heavy atom. The Labute approximate surface area is 82.8 Å². The highest BCUT2D eigenvalue weighted by Crippen LogP contribution is 2.25. The van der Waals surface area contributed by atoms with Gasteiger partial charge in [0.25, 0.3) is 5.69 Å². The summed E-state index contributed by atoms with van der Waals surface area (Å²) in [6.07, 6.45) is 0.604. The molecule has 5 heteroatoms. The molecule has 0 unspecified atom stereocenters. The lowest BCUT2D eigenvalue weighted by Gasteiger charge is -2.00. The molecule has 4 nitrogen and oxygen atoms in total. The topological polar surface area (TPSA) is 60.2 Å². The highest BCUT2D eigenvalue weighted by atomic mass is 79.9. The number of nitro benzene ring substituents is 1. The molecule has 0 fully saturated rings. The van der Waals surface area contributed by atoms with Crippen LogP contribution in [-0.4, -0.2) is 11.2 Å². The maximum absolute atomic E-state index is 10.5. The number of rotatable bonds is 2. The zero-order chi connectivity index (χ0) is 10.0. The zero-order valence-corrected chi connectivity index (χ0v) is 8.37. The van der Waals surface area contributed by atoms with E-state index in [0.717, 1.165) is 0 Å². The van der Waals surface area contributed by atoms with Crippen LogP contribution in [0.5, 0.6) is 0 Å². The van der Waals surface area contributed by atoms with Crippen LogP contribution in [0.1, 0.15) is 15.9 Å². The lowest BCUT2D eigenvalue weighted by Crippen LogP contribution is -1.93. The van der Waals surface area contributed by atoms with E-state index in [4.69, 9.17) is 0 Å². The van der Waals surface area contributed by atoms with E-state index in [1.54, 1.807) is 6.92 Å². The lowest BCUT2D eigenvalue weighted by molar-refractivity contribution is -0.385. The molecule has 0 atom stereocenters. The summed E-state index contributed by atoms with van der Waals surface area (Å²) in [5, 5.41) is 10.4. The van der Waals surface area contributed by atoms with Gasteiger partial charge >= 0.3 is 0 Å². The van der Waals surface area contributed by atoms with Gasteiger partial charge in [-0.3, -0.25) is 14.9 Å². The SMILES string of the molecule is Cc1c(Br)cc([N+](=O)[O-])cc1C=O. The largest absolute Gasteiger partial charge is 0.298 e. The summed E-state index contributed by atoms with van der Waals surface area (Å²) in [5.41, 5.74) is 0.959. The molecule has 0 aromatic heterocycles. The summed E-state index contributed by atoms with van der Waals surface area (Å²) in [6.45, 7) is 1.72. The van der Waals surface area contributed by atoms with Crippen LogP contribution in [0.25, 0.3) is 0 Å². The van der Waals surface area contributed by atoms with Crippen molar-refractivity contribution in [3.05, 3.63) is 37.8 Å². The molecular formula is C8H6BrNO3. The van der Waals surface area contributed by atoms with Gasteiger partial charge in [0.05, 0.1) is 4.92 Å². The number of carbonyl (C=O) groups excluding carboxylic acids is 1. The number of non-ortho nitro benzene ring substituents is 1. The average Bonchev–Trinajstić information content (AvgIpc) is 2.09. The second kappa shape index (κ2) is 3.66. The van der Waals surface area contributed by atoms with Crippen LogP contribution in [0.2, 0.25) is 0 Å². The molecule has 0 aliphatic rings. The monoisotopic (exact) mass is 243 g/mol. The van der Waals surface area contributed by atoms with Gasteiger partial charge in [0, 0.05) is 22.2 Å². The molecule has 0 saturated heterocycles. The van der Waals surface area contributed by atoms with Gasteiger partial charge in [0.2, 0.25) is 0 Å². The minimum Gasteiger partial charge on any atom is -0.298 e. The van der Waals surface area contributed by atoms with Crippen molar-refractivity contribution in [2.45, 2.75) is 6.92 Å². The standard InChI is InChI=1S/C8H6BrNO3/c1-5-6(4-11)2-7(10(12)13)3-8(5)9/h2-4H,1H3. The van der Waals surface area contributed by atoms with Crippen molar-refractivity contribution in [2.75, 3.05) is 0 Å². The number of halogens is 1. The number of benzene rings is 1. The second-order valence-electron chi connectivity index (χ2n) is 2.52. The van der Waals surface area contributed by atoms with E-state index in [-0.39, 0.29) is 5.69 Å². The van der Waals surface area contributed by atoms with E-state index in [2.05, 4.69) is 15.9 Å². The molecule has 1 rings (SSSR count). The third-order valence-electron chi connectivity index (χ3n) is 1.71. The summed E-state index contributed by atoms with van der Waals surface area (Å²) in [5.74, 6) is 0. The summed E-state index contributed by atoms with van der Waals surface area (Å²) < 4.78 is 0.573. The van der Waals surface area contributed by atoms with Crippen LogP contribution in [0.15, 0.2) is 16.6 Å². The Bertz CT molecular complexity index is 376. The predicted octanol–water partition coefficient (Wildman–Crippen LogP) is 2.48. The third-order valence-corrected chi connectivity index (χ3v) is 2.53. The number of nitrogens with zero attached hydrogens (tertiary/aromatic N) is 1. The first-order valence-electron chi connectivity index (χ1n) is 3.46. The van der Waals surface area contributed by atoms with Crippen LogP contribution in [0.4, 0.5) is 5.69 Å². The van der Waals surface area contributed by atoms with Gasteiger partial charge < -0.3 is 0 Å². The molecule has 0 heterocycles. The van der Waals surface area contributed by atoms with Crippen molar-refractivity contribution in [1.82, 2.24) is 0 Å². The number of aldehydes is 1. The molecule has 1 aromatic rings. The predicted molar refractivity (Wildman–Crippen MR) is 50.9 cm³/mol. The van der Waals surface area contributed by atoms with Gasteiger partial charge in [0.1, 0.15) is 0 Å². The fourth-order valence-electron chi connectivity index (χ4n) is 0.913. The van der Waals surface area contributed by atoms with Crippen molar-refractivity contribution in [3.8, 4) is 0 Å². The molecule has 0 N–H and O–H groups in total. The summed E-state index contributed by atoms with van der Waals surface area (Å²) in [4.78, 5) is 20.4. The molecule has 0 aliphatic carbocycles. The number of hydrogen-bond donors (Lipinski definition) is 0. The van der Waals surface area contributed by atoms with Crippen molar-refractivity contribution in [1.29, 1.82) is 0 Å². The first-order valence-corrected chi connectivity index (χ1v) is 4.25. The maximum Gasteiger partial charge on any atom is 0.271 e. The Kier molecular flexibility index (Phi) is 2.77. The Hall–Kier alpha value is -1.23. The van der Waals surface area contributed by atoms with E-state index < -0.39 is 4.92 Å². The molecule has 1 aromatic carbocycles. The third kappa shape index (κ3) is 1.92. The van der Waals surface area contributed by atoms with Crippen LogP contribution in [-0.2, 0) is 0 Å². The van der Waals surface area contributed by atoms with E-state index >= 15 is 0 Å². The van der Waals surface area contributed by atoms with Crippen LogP contribution < -0.4 is 0 Å². The van der Waals surface area contributed by atoms with Gasteiger partial charge in [-0.1, -0.05) is 15.9 Å². The molecule has 0 radical (unpaired) electrons. The molecule has 0 amide bonds. The van der Waals surface area contributed by atoms with E-state index in [9.17, 15) is 14.9 Å². The molecule has 0 aliphatic heterocycles. The number of nitro groups is 1. The average molecular weight is 244 g/mol. The van der Waals surface area contributed by atoms with E-state index in [0.29, 0.717) is 21.9 Å². The number of carbonyl (C=O) groups is 1. The minimum absolute atomic E-state index is 0.0837. The Morgan fingerprint density at radius 3 is 2.62 bits per heavy atom. The smallest absolute Gasteiger partial charge is 0.271 e. The first kappa shape index (κ1) is 9.85. The highest BCUT2D eigenvalue weighted by Gasteiger charge is 2.11. The van der Waals surface area contributed by atoms with Crippen molar-refractivity contribution >= 4 is 27.9 Å². The minimum atomic E-state index is -0.531. The van der Waals surface area contributed by atoms with Gasteiger partial charge in [0.15, 0.2) is 6.29 Å². The van der Waals surface area contributed by atoms with E-state index in [1.807, 2.05) is 0 Å². The highest BCUT2D eigenvalue weighted by molar-refractivity contribution is 9.10. The number of hydrogen-bond acceptors (Lipinski definition) is 3.